The van der Waals surface area contributed by atoms with Crippen LogP contribution < -0.4 is 5.32 Å². The van der Waals surface area contributed by atoms with Crippen LogP contribution in [0.4, 0.5) is 0 Å². The van der Waals surface area contributed by atoms with E-state index in [1.54, 1.807) is 0 Å². The van der Waals surface area contributed by atoms with E-state index in [1.165, 1.54) is 16.7 Å². The average molecular weight is 264 g/mol. The Bertz CT molecular complexity index is 602. The normalized spacial score (nSPS) is 15.6. The molecule has 1 N–H and O–H groups in total. The van der Waals surface area contributed by atoms with Gasteiger partial charge in [0.1, 0.15) is 5.84 Å². The summed E-state index contributed by atoms with van der Waals surface area (Å²) in [6, 6.07) is 19.3. The van der Waals surface area contributed by atoms with Gasteiger partial charge < -0.3 is 5.32 Å². The van der Waals surface area contributed by atoms with Crippen LogP contribution in [0.25, 0.3) is 0 Å². The number of nitrogens with one attached hydrogen (secondary N) is 1. The van der Waals surface area contributed by atoms with Crippen LogP contribution in [0.3, 0.4) is 0 Å². The Morgan fingerprint density at radius 1 is 1.05 bits per heavy atom. The van der Waals surface area contributed by atoms with Crippen LogP contribution in [0.15, 0.2) is 59.6 Å². The van der Waals surface area contributed by atoms with Gasteiger partial charge in [-0.25, -0.2) is 0 Å². The third-order valence-corrected chi connectivity index (χ3v) is 3.84. The molecule has 0 saturated carbocycles. The lowest BCUT2D eigenvalue weighted by molar-refractivity contribution is 0.758. The SMILES string of the molecule is CC(Cc1ccccc1C1=NCCN1)c1ccccc1. The van der Waals surface area contributed by atoms with E-state index >= 15 is 0 Å². The molecule has 1 heterocycles. The lowest BCUT2D eigenvalue weighted by Gasteiger charge is -2.15. The molecule has 2 aromatic rings. The molecule has 0 bridgehead atoms. The van der Waals surface area contributed by atoms with Crippen LogP contribution in [0.1, 0.15) is 29.5 Å². The predicted molar refractivity (Wildman–Crippen MR) is 84.4 cm³/mol. The number of aliphatic imine (C=N–C) groups is 1. The fourth-order valence-electron chi connectivity index (χ4n) is 2.74. The molecule has 102 valence electrons. The Morgan fingerprint density at radius 2 is 1.80 bits per heavy atom. The minimum atomic E-state index is 0.513. The highest BCUT2D eigenvalue weighted by atomic mass is 15.1. The molecule has 0 aromatic heterocycles. The van der Waals surface area contributed by atoms with Crippen molar-refractivity contribution in [3.8, 4) is 0 Å². The molecule has 1 aliphatic rings. The summed E-state index contributed by atoms with van der Waals surface area (Å²) >= 11 is 0. The molecule has 1 aliphatic heterocycles. The standard InChI is InChI=1S/C18H20N2/c1-14(15-7-3-2-4-8-15)13-16-9-5-6-10-17(16)18-19-11-12-20-18/h2-10,14H,11-13H2,1H3,(H,19,20). The van der Waals surface area contributed by atoms with Crippen molar-refractivity contribution in [2.45, 2.75) is 19.3 Å². The summed E-state index contributed by atoms with van der Waals surface area (Å²) in [6.45, 7) is 4.13. The first kappa shape index (κ1) is 12.9. The Hall–Kier alpha value is -2.09. The van der Waals surface area contributed by atoms with Gasteiger partial charge in [0.25, 0.3) is 0 Å². The van der Waals surface area contributed by atoms with E-state index in [2.05, 4.69) is 71.8 Å². The third kappa shape index (κ3) is 2.74. The summed E-state index contributed by atoms with van der Waals surface area (Å²) < 4.78 is 0. The third-order valence-electron chi connectivity index (χ3n) is 3.84. The number of amidine groups is 1. The first-order valence-corrected chi connectivity index (χ1v) is 7.26. The Morgan fingerprint density at radius 3 is 2.55 bits per heavy atom. The van der Waals surface area contributed by atoms with Crippen molar-refractivity contribution in [3.63, 3.8) is 0 Å². The maximum atomic E-state index is 4.55. The predicted octanol–water partition coefficient (Wildman–Crippen LogP) is 3.38. The molecule has 1 unspecified atom stereocenters. The van der Waals surface area contributed by atoms with Crippen LogP contribution in [0, 0.1) is 0 Å². The summed E-state index contributed by atoms with van der Waals surface area (Å²) in [5.74, 6) is 1.57. The Kier molecular flexibility index (Phi) is 3.82. The van der Waals surface area contributed by atoms with Crippen LogP contribution in [-0.4, -0.2) is 18.9 Å². The highest BCUT2D eigenvalue weighted by molar-refractivity contribution is 6.01. The quantitative estimate of drug-likeness (QED) is 0.899. The minimum Gasteiger partial charge on any atom is -0.368 e. The van der Waals surface area contributed by atoms with Crippen molar-refractivity contribution in [2.75, 3.05) is 13.1 Å². The molecule has 2 heteroatoms. The van der Waals surface area contributed by atoms with Crippen LogP contribution in [0.5, 0.6) is 0 Å². The lowest BCUT2D eigenvalue weighted by Crippen LogP contribution is -2.21. The molecule has 0 spiro atoms. The van der Waals surface area contributed by atoms with Gasteiger partial charge in [0, 0.05) is 12.1 Å². The molecular weight excluding hydrogens is 244 g/mol. The summed E-state index contributed by atoms with van der Waals surface area (Å²) in [7, 11) is 0. The lowest BCUT2D eigenvalue weighted by atomic mass is 9.91. The van der Waals surface area contributed by atoms with E-state index in [4.69, 9.17) is 0 Å². The molecule has 1 atom stereocenters. The van der Waals surface area contributed by atoms with Gasteiger partial charge in [0.05, 0.1) is 6.54 Å². The number of hydrogen-bond acceptors (Lipinski definition) is 2. The van der Waals surface area contributed by atoms with Gasteiger partial charge in [-0.1, -0.05) is 61.5 Å². The second kappa shape index (κ2) is 5.91. The van der Waals surface area contributed by atoms with E-state index in [1.807, 2.05) is 0 Å². The van der Waals surface area contributed by atoms with Crippen molar-refractivity contribution in [3.05, 3.63) is 71.3 Å². The number of hydrogen-bond donors (Lipinski definition) is 1. The topological polar surface area (TPSA) is 24.4 Å². The van der Waals surface area contributed by atoms with Gasteiger partial charge in [-0.2, -0.15) is 0 Å². The Labute approximate surface area is 120 Å². The molecule has 2 nitrogen and oxygen atoms in total. The first-order chi connectivity index (χ1) is 9.84. The molecule has 3 rings (SSSR count). The summed E-state index contributed by atoms with van der Waals surface area (Å²) in [5, 5.41) is 3.38. The molecule has 2 aromatic carbocycles. The largest absolute Gasteiger partial charge is 0.368 e. The van der Waals surface area contributed by atoms with Gasteiger partial charge in [0.2, 0.25) is 0 Å². The van der Waals surface area contributed by atoms with Crippen LogP contribution in [-0.2, 0) is 6.42 Å². The number of nitrogens with zero attached hydrogens (tertiary/aromatic N) is 1. The zero-order valence-corrected chi connectivity index (χ0v) is 11.8. The number of rotatable bonds is 4. The zero-order valence-electron chi connectivity index (χ0n) is 11.8. The van der Waals surface area contributed by atoms with Gasteiger partial charge in [-0.15, -0.1) is 0 Å². The zero-order chi connectivity index (χ0) is 13.8. The van der Waals surface area contributed by atoms with Crippen LogP contribution >= 0.6 is 0 Å². The Balaban J connectivity index is 1.84. The summed E-state index contributed by atoms with van der Waals surface area (Å²) in [6.07, 6.45) is 1.04. The smallest absolute Gasteiger partial charge is 0.128 e. The van der Waals surface area contributed by atoms with Crippen molar-refractivity contribution in [1.82, 2.24) is 5.32 Å². The van der Waals surface area contributed by atoms with Gasteiger partial charge >= 0.3 is 0 Å². The van der Waals surface area contributed by atoms with Crippen molar-refractivity contribution < 1.29 is 0 Å². The van der Waals surface area contributed by atoms with E-state index in [0.29, 0.717) is 5.92 Å². The minimum absolute atomic E-state index is 0.513. The van der Waals surface area contributed by atoms with Gasteiger partial charge in [-0.3, -0.25) is 4.99 Å². The van der Waals surface area contributed by atoms with E-state index in [0.717, 1.165) is 25.3 Å². The van der Waals surface area contributed by atoms with Crippen LogP contribution in [0.2, 0.25) is 0 Å². The molecule has 0 aliphatic carbocycles. The molecule has 0 fully saturated rings. The van der Waals surface area contributed by atoms with Crippen molar-refractivity contribution in [2.24, 2.45) is 4.99 Å². The molecule has 0 amide bonds. The first-order valence-electron chi connectivity index (χ1n) is 7.26. The van der Waals surface area contributed by atoms with Gasteiger partial charge in [0.15, 0.2) is 0 Å². The highest BCUT2D eigenvalue weighted by Crippen LogP contribution is 2.22. The second-order valence-corrected chi connectivity index (χ2v) is 5.33. The van der Waals surface area contributed by atoms with E-state index in [-0.39, 0.29) is 0 Å². The monoisotopic (exact) mass is 264 g/mol. The molecule has 0 radical (unpaired) electrons. The molecule has 20 heavy (non-hydrogen) atoms. The summed E-state index contributed by atoms with van der Waals surface area (Å²) in [4.78, 5) is 4.55. The van der Waals surface area contributed by atoms with Crippen molar-refractivity contribution >= 4 is 5.84 Å². The maximum Gasteiger partial charge on any atom is 0.128 e. The molecule has 0 saturated heterocycles. The number of benzene rings is 2. The second-order valence-electron chi connectivity index (χ2n) is 5.33. The van der Waals surface area contributed by atoms with Gasteiger partial charge in [-0.05, 0) is 23.5 Å². The average Bonchev–Trinajstić information content (AvgIpc) is 3.03. The molecular formula is C18H20N2. The highest BCUT2D eigenvalue weighted by Gasteiger charge is 2.14. The fourth-order valence-corrected chi connectivity index (χ4v) is 2.74. The van der Waals surface area contributed by atoms with E-state index < -0.39 is 0 Å². The fraction of sp³-hybridized carbons (Fsp3) is 0.278. The summed E-state index contributed by atoms with van der Waals surface area (Å²) in [5.41, 5.74) is 4.02. The van der Waals surface area contributed by atoms with E-state index in [9.17, 15) is 0 Å². The van der Waals surface area contributed by atoms with Crippen molar-refractivity contribution in [1.29, 1.82) is 0 Å². The maximum absolute atomic E-state index is 4.55.